The van der Waals surface area contributed by atoms with Crippen molar-refractivity contribution in [1.82, 2.24) is 29.9 Å². The maximum Gasteiger partial charge on any atom is 0.524 e. The van der Waals surface area contributed by atoms with Gasteiger partial charge in [0, 0.05) is 52.3 Å². The molecule has 1 saturated carbocycles. The van der Waals surface area contributed by atoms with Crippen LogP contribution in [0.3, 0.4) is 0 Å². The summed E-state index contributed by atoms with van der Waals surface area (Å²) in [5, 5.41) is 28.4. The molecule has 8 rings (SSSR count). The molecule has 0 spiro atoms. The van der Waals surface area contributed by atoms with Gasteiger partial charge >= 0.3 is 26.1 Å². The van der Waals surface area contributed by atoms with Crippen LogP contribution in [0.5, 0.6) is 5.75 Å². The monoisotopic (exact) mass is 1330 g/mol. The fourth-order valence-corrected chi connectivity index (χ4v) is 12.3. The number of rotatable bonds is 19. The summed E-state index contributed by atoms with van der Waals surface area (Å²) in [5.74, 6) is -10.7. The number of sulfone groups is 1. The number of aromatic nitrogens is 5. The Kier molecular flexibility index (Phi) is 17.5. The first-order valence-corrected chi connectivity index (χ1v) is 31.2. The number of anilines is 1. The first-order chi connectivity index (χ1) is 40.2. The highest BCUT2D eigenvalue weighted by Crippen LogP contribution is 2.68. The van der Waals surface area contributed by atoms with E-state index in [1.165, 1.54) is 13.8 Å². The standard InChI is InChI=1S/C53H50ClF10N8O13PS2/c1-49(2,42-25(18-39(75)76)16-26(47(65)77)17-36(42)85-86(78,79)80)21-38(74)72(88(6,83)84)48-41-34(54)10-9-31(44(41)71(69-48)23-51(57,58)59)30-8-7-29(11-12-50(3,4)87(5,81)82)66-43(30)35(15-24-13-27(55)19-28(56)14-24)67-37(73)22-70-46-40(45(68-70)53(62,63)64)32-20-33(32)52(46,60)61/h7-10,13-14,16-17,19,32-33,35,47,77H,15,18,20-23,65H2,1-6H3,(H,67,73)(H,75,76)(H2,78,79,80)/t32-,33?,35-,47?/m0/s1. The van der Waals surface area contributed by atoms with Gasteiger partial charge in [-0.3, -0.25) is 33.5 Å². The van der Waals surface area contributed by atoms with E-state index in [1.807, 2.05) is 0 Å². The summed E-state index contributed by atoms with van der Waals surface area (Å²) in [6.45, 7) is 1.18. The molecule has 3 heterocycles. The third-order valence-corrected chi connectivity index (χ3v) is 18.2. The molecular weight excluding hydrogens is 1280 g/mol. The summed E-state index contributed by atoms with van der Waals surface area (Å²) in [7, 11) is -14.8. The van der Waals surface area contributed by atoms with E-state index in [4.69, 9.17) is 21.9 Å². The summed E-state index contributed by atoms with van der Waals surface area (Å²) in [6.07, 6.45) is -14.5. The molecule has 4 atom stereocenters. The molecule has 88 heavy (non-hydrogen) atoms. The molecule has 0 bridgehead atoms. The van der Waals surface area contributed by atoms with Gasteiger partial charge in [-0.05, 0) is 91.6 Å². The SMILES string of the molecule is CC(C)(CC(=O)N(c1nn(CC(F)(F)F)c2c(-c3ccc(C#CC(C)(C)S(C)(=O)=O)nc3[C@H](Cc3cc(F)cc(F)c3)NC(=O)Cn3nc(C(F)(F)F)c4c3C(F)(F)C3C[C@H]43)ccc(Cl)c12)S(C)(=O)=O)c1c(CC(=O)O)cc(C(N)O)cc1OP(=O)(O)O. The molecule has 1 fully saturated rings. The zero-order chi connectivity index (χ0) is 65.7. The van der Waals surface area contributed by atoms with Gasteiger partial charge in [0.25, 0.3) is 5.92 Å². The van der Waals surface area contributed by atoms with E-state index in [2.05, 4.69) is 32.3 Å². The van der Waals surface area contributed by atoms with Crippen molar-refractivity contribution in [3.8, 4) is 28.7 Å². The number of phosphoric acid groups is 1. The normalized spacial score (nSPS) is 16.7. The van der Waals surface area contributed by atoms with Crippen LogP contribution < -0.4 is 19.9 Å². The summed E-state index contributed by atoms with van der Waals surface area (Å²) in [5.41, 5.74) is -4.35. The quantitative estimate of drug-likeness (QED) is 0.0194. The number of carboxylic acids is 1. The van der Waals surface area contributed by atoms with Gasteiger partial charge in [-0.15, -0.1) is 0 Å². The number of aliphatic carboxylic acids is 1. The number of amides is 2. The molecule has 0 aliphatic heterocycles. The van der Waals surface area contributed by atoms with Crippen molar-refractivity contribution in [2.24, 2.45) is 11.7 Å². The Labute approximate surface area is 498 Å². The smallest absolute Gasteiger partial charge is 0.481 e. The number of nitrogens with zero attached hydrogens (tertiary/aromatic N) is 6. The Morgan fingerprint density at radius 2 is 1.57 bits per heavy atom. The number of hydrogen-bond acceptors (Lipinski definition) is 14. The minimum atomic E-state index is -5.61. The number of halogens is 11. The van der Waals surface area contributed by atoms with E-state index < -0.39 is 209 Å². The number of aliphatic hydroxyl groups is 1. The number of carboxylic acid groups (broad SMARTS) is 1. The van der Waals surface area contributed by atoms with Gasteiger partial charge in [0.2, 0.25) is 21.8 Å². The molecule has 21 nitrogen and oxygen atoms in total. The van der Waals surface area contributed by atoms with Gasteiger partial charge in [-0.25, -0.2) is 35.2 Å². The van der Waals surface area contributed by atoms with Crippen molar-refractivity contribution in [2.75, 3.05) is 16.8 Å². The number of aliphatic hydroxyl groups excluding tert-OH is 1. The number of sulfonamides is 1. The van der Waals surface area contributed by atoms with Crippen molar-refractivity contribution >= 4 is 73.8 Å². The number of pyridine rings is 1. The second kappa shape index (κ2) is 23.0. The van der Waals surface area contributed by atoms with E-state index in [9.17, 15) is 82.1 Å². The lowest BCUT2D eigenvalue weighted by Crippen LogP contribution is -2.40. The van der Waals surface area contributed by atoms with Crippen LogP contribution in [0.1, 0.15) is 109 Å². The van der Waals surface area contributed by atoms with Crippen LogP contribution in [-0.4, -0.2) is 103 Å². The predicted octanol–water partition coefficient (Wildman–Crippen LogP) is 8.00. The Bertz CT molecular complexity index is 4220. The molecule has 7 N–H and O–H groups in total. The second-order valence-corrected chi connectivity index (χ2v) is 28.1. The largest absolute Gasteiger partial charge is 0.524 e. The molecule has 3 aromatic carbocycles. The van der Waals surface area contributed by atoms with Crippen LogP contribution in [0.25, 0.3) is 22.0 Å². The van der Waals surface area contributed by atoms with Crippen LogP contribution in [0.15, 0.2) is 54.6 Å². The van der Waals surface area contributed by atoms with Crippen molar-refractivity contribution in [1.29, 1.82) is 0 Å². The van der Waals surface area contributed by atoms with Gasteiger partial charge in [-0.1, -0.05) is 43.5 Å². The molecule has 6 aromatic rings. The predicted molar refractivity (Wildman–Crippen MR) is 292 cm³/mol. The van der Waals surface area contributed by atoms with Crippen LogP contribution in [0, 0.1) is 29.4 Å². The number of nitrogens with one attached hydrogen (secondary N) is 1. The molecule has 474 valence electrons. The maximum absolute atomic E-state index is 15.7. The fraction of sp³-hybridized carbons (Fsp3) is 0.396. The van der Waals surface area contributed by atoms with Crippen molar-refractivity contribution in [3.63, 3.8) is 0 Å². The molecule has 0 radical (unpaired) electrons. The van der Waals surface area contributed by atoms with Gasteiger partial charge in [0.05, 0.1) is 40.3 Å². The summed E-state index contributed by atoms with van der Waals surface area (Å²) in [4.78, 5) is 65.7. The minimum Gasteiger partial charge on any atom is -0.481 e. The van der Waals surface area contributed by atoms with E-state index >= 15 is 17.6 Å². The van der Waals surface area contributed by atoms with E-state index in [0.717, 1.165) is 68.6 Å². The highest BCUT2D eigenvalue weighted by Gasteiger charge is 2.68. The summed E-state index contributed by atoms with van der Waals surface area (Å²) < 4.78 is 219. The van der Waals surface area contributed by atoms with Gasteiger partial charge in [0.15, 0.2) is 21.3 Å². The third kappa shape index (κ3) is 14.0. The van der Waals surface area contributed by atoms with Crippen molar-refractivity contribution in [2.45, 2.75) is 113 Å². The highest BCUT2D eigenvalue weighted by molar-refractivity contribution is 7.93. The molecule has 2 unspecified atom stereocenters. The van der Waals surface area contributed by atoms with E-state index in [-0.39, 0.29) is 42.5 Å². The zero-order valence-corrected chi connectivity index (χ0v) is 49.7. The topological polar surface area (TPSA) is 317 Å². The van der Waals surface area contributed by atoms with Gasteiger partial charge < -0.3 is 25.8 Å². The maximum atomic E-state index is 15.7. The summed E-state index contributed by atoms with van der Waals surface area (Å²) in [6, 6.07) is 5.96. The van der Waals surface area contributed by atoms with Crippen molar-refractivity contribution < 1.29 is 104 Å². The number of carbonyl (C=O) groups excluding carboxylic acids is 2. The Morgan fingerprint density at radius 1 is 0.943 bits per heavy atom. The number of carbonyl (C=O) groups is 3. The Hall–Kier alpha value is -7.18. The van der Waals surface area contributed by atoms with Gasteiger partial charge in [-0.2, -0.15) is 49.6 Å². The van der Waals surface area contributed by atoms with Crippen LogP contribution in [0.4, 0.5) is 49.7 Å². The average molecular weight is 1330 g/mol. The number of phosphoric ester groups is 1. The van der Waals surface area contributed by atoms with E-state index in [1.54, 1.807) is 0 Å². The van der Waals surface area contributed by atoms with Crippen LogP contribution in [0.2, 0.25) is 5.02 Å². The first-order valence-electron chi connectivity index (χ1n) is 25.6. The molecule has 3 aromatic heterocycles. The molecule has 0 saturated heterocycles. The molecule has 2 aliphatic carbocycles. The Balaban J connectivity index is 1.36. The molecule has 2 aliphatic rings. The fourth-order valence-electron chi connectivity index (χ4n) is 10.5. The molecule has 35 heteroatoms. The summed E-state index contributed by atoms with van der Waals surface area (Å²) >= 11 is 6.77. The van der Waals surface area contributed by atoms with E-state index in [0.29, 0.717) is 12.3 Å². The first kappa shape index (κ1) is 66.8. The number of fused-ring (bicyclic) bond motifs is 4. The zero-order valence-electron chi connectivity index (χ0n) is 46.4. The second-order valence-electron chi connectivity index (χ2n) is 22.1. The number of alkyl halides is 8. The Morgan fingerprint density at radius 3 is 2.12 bits per heavy atom. The average Bonchev–Trinajstić information content (AvgIpc) is 1.85. The lowest BCUT2D eigenvalue weighted by molar-refractivity contribution is -0.143. The van der Waals surface area contributed by atoms with Crippen LogP contribution in [-0.2, 0) is 82.3 Å². The number of nitrogens with two attached hydrogens (primary N) is 1. The number of benzene rings is 3. The number of hydrogen-bond donors (Lipinski definition) is 6. The minimum absolute atomic E-state index is 0.0792. The highest BCUT2D eigenvalue weighted by atomic mass is 35.5. The van der Waals surface area contributed by atoms with Crippen molar-refractivity contribution in [3.05, 3.63) is 122 Å². The lowest BCUT2D eigenvalue weighted by Gasteiger charge is -2.31. The lowest BCUT2D eigenvalue weighted by atomic mass is 9.77. The van der Waals surface area contributed by atoms with Crippen LogP contribution >= 0.6 is 19.4 Å². The molecule has 2 amide bonds. The third-order valence-electron chi connectivity index (χ3n) is 14.4. The molecular formula is C53H50ClF10N8O13PS2. The van der Waals surface area contributed by atoms with Gasteiger partial charge in [0.1, 0.15) is 52.8 Å².